The molecule has 2 aliphatic rings. The third kappa shape index (κ3) is 2.07. The van der Waals surface area contributed by atoms with Crippen molar-refractivity contribution in [1.82, 2.24) is 19.6 Å². The Morgan fingerprint density at radius 3 is 2.68 bits per heavy atom. The minimum Gasteiger partial charge on any atom is -0.367 e. The SMILES string of the molecule is Cc1nnc2c(NCC(C3CC3)C3CC3)nccn12. The second kappa shape index (κ2) is 4.18. The first kappa shape index (κ1) is 11.2. The van der Waals surface area contributed by atoms with Crippen molar-refractivity contribution in [1.29, 1.82) is 0 Å². The van der Waals surface area contributed by atoms with Gasteiger partial charge < -0.3 is 5.32 Å². The van der Waals surface area contributed by atoms with Crippen LogP contribution in [0.15, 0.2) is 12.4 Å². The summed E-state index contributed by atoms with van der Waals surface area (Å²) < 4.78 is 1.98. The second-order valence-electron chi connectivity index (χ2n) is 5.94. The predicted octanol–water partition coefficient (Wildman–Crippen LogP) is 2.28. The minimum absolute atomic E-state index is 0.838. The van der Waals surface area contributed by atoms with Crippen molar-refractivity contribution < 1.29 is 0 Å². The van der Waals surface area contributed by atoms with Crippen LogP contribution >= 0.6 is 0 Å². The molecule has 5 heteroatoms. The van der Waals surface area contributed by atoms with Crippen LogP contribution in [-0.4, -0.2) is 26.1 Å². The van der Waals surface area contributed by atoms with Crippen LogP contribution in [0.1, 0.15) is 31.5 Å². The van der Waals surface area contributed by atoms with E-state index in [-0.39, 0.29) is 0 Å². The van der Waals surface area contributed by atoms with Crippen LogP contribution in [-0.2, 0) is 0 Å². The molecule has 0 spiro atoms. The van der Waals surface area contributed by atoms with Gasteiger partial charge in [-0.3, -0.25) is 4.40 Å². The standard InChI is InChI=1S/C14H19N5/c1-9-17-18-14-13(15-6-7-19(9)14)16-8-12(10-2-3-10)11-4-5-11/h6-7,10-12H,2-5,8H2,1H3,(H,15,16). The fourth-order valence-electron chi connectivity index (χ4n) is 3.05. The van der Waals surface area contributed by atoms with Gasteiger partial charge in [0.1, 0.15) is 5.82 Å². The highest BCUT2D eigenvalue weighted by molar-refractivity contribution is 5.61. The topological polar surface area (TPSA) is 55.1 Å². The number of nitrogens with one attached hydrogen (secondary N) is 1. The highest BCUT2D eigenvalue weighted by Gasteiger charge is 2.41. The monoisotopic (exact) mass is 257 g/mol. The van der Waals surface area contributed by atoms with Gasteiger partial charge >= 0.3 is 0 Å². The van der Waals surface area contributed by atoms with Crippen LogP contribution in [0, 0.1) is 24.7 Å². The summed E-state index contributed by atoms with van der Waals surface area (Å²) in [7, 11) is 0. The van der Waals surface area contributed by atoms with E-state index in [0.717, 1.165) is 41.6 Å². The van der Waals surface area contributed by atoms with E-state index in [2.05, 4.69) is 20.5 Å². The Labute approximate surface area is 112 Å². The van der Waals surface area contributed by atoms with Gasteiger partial charge in [-0.2, -0.15) is 0 Å². The van der Waals surface area contributed by atoms with Crippen LogP contribution in [0.4, 0.5) is 5.82 Å². The average Bonchev–Trinajstić information content (AvgIpc) is 3.32. The molecular formula is C14H19N5. The number of hydrogen-bond acceptors (Lipinski definition) is 4. The number of aromatic nitrogens is 4. The quantitative estimate of drug-likeness (QED) is 0.892. The molecule has 0 saturated heterocycles. The molecule has 0 bridgehead atoms. The van der Waals surface area contributed by atoms with Crippen molar-refractivity contribution >= 4 is 11.5 Å². The van der Waals surface area contributed by atoms with E-state index in [9.17, 15) is 0 Å². The van der Waals surface area contributed by atoms with Gasteiger partial charge in [0.15, 0.2) is 5.82 Å². The van der Waals surface area contributed by atoms with E-state index in [4.69, 9.17) is 0 Å². The van der Waals surface area contributed by atoms with Gasteiger partial charge in [-0.15, -0.1) is 10.2 Å². The van der Waals surface area contributed by atoms with Gasteiger partial charge in [0.2, 0.25) is 5.65 Å². The fraction of sp³-hybridized carbons (Fsp3) is 0.643. The second-order valence-corrected chi connectivity index (χ2v) is 5.94. The molecule has 2 aromatic heterocycles. The van der Waals surface area contributed by atoms with Crippen LogP contribution in [0.25, 0.3) is 5.65 Å². The smallest absolute Gasteiger partial charge is 0.203 e. The van der Waals surface area contributed by atoms with Gasteiger partial charge in [0.05, 0.1) is 0 Å². The highest BCUT2D eigenvalue weighted by atomic mass is 15.3. The first-order valence-electron chi connectivity index (χ1n) is 7.23. The van der Waals surface area contributed by atoms with Gasteiger partial charge in [-0.1, -0.05) is 0 Å². The molecule has 100 valence electrons. The van der Waals surface area contributed by atoms with Crippen molar-refractivity contribution in [2.75, 3.05) is 11.9 Å². The Morgan fingerprint density at radius 1 is 1.26 bits per heavy atom. The maximum atomic E-state index is 4.42. The molecule has 19 heavy (non-hydrogen) atoms. The third-order valence-electron chi connectivity index (χ3n) is 4.46. The summed E-state index contributed by atoms with van der Waals surface area (Å²) in [6.07, 6.45) is 9.41. The lowest BCUT2D eigenvalue weighted by Gasteiger charge is -2.16. The van der Waals surface area contributed by atoms with E-state index in [1.54, 1.807) is 0 Å². The van der Waals surface area contributed by atoms with Gasteiger partial charge in [0.25, 0.3) is 0 Å². The molecular weight excluding hydrogens is 238 g/mol. The minimum atomic E-state index is 0.838. The molecule has 0 aliphatic heterocycles. The zero-order valence-electron chi connectivity index (χ0n) is 11.2. The molecule has 2 fully saturated rings. The Bertz CT molecular complexity index is 585. The molecule has 2 aromatic rings. The molecule has 4 rings (SSSR count). The number of nitrogens with zero attached hydrogens (tertiary/aromatic N) is 4. The highest BCUT2D eigenvalue weighted by Crippen LogP contribution is 2.49. The summed E-state index contributed by atoms with van der Waals surface area (Å²) in [6, 6.07) is 0. The number of hydrogen-bond donors (Lipinski definition) is 1. The summed E-state index contributed by atoms with van der Waals surface area (Å²) in [4.78, 5) is 4.42. The zero-order valence-corrected chi connectivity index (χ0v) is 11.2. The largest absolute Gasteiger partial charge is 0.367 e. The zero-order chi connectivity index (χ0) is 12.8. The number of rotatable bonds is 5. The van der Waals surface area contributed by atoms with Crippen LogP contribution in [0.2, 0.25) is 0 Å². The van der Waals surface area contributed by atoms with E-state index in [1.807, 2.05) is 23.7 Å². The van der Waals surface area contributed by atoms with Crippen LogP contribution in [0.5, 0.6) is 0 Å². The lowest BCUT2D eigenvalue weighted by atomic mass is 9.98. The first-order chi connectivity index (χ1) is 9.33. The summed E-state index contributed by atoms with van der Waals surface area (Å²) in [5, 5.41) is 11.8. The summed E-state index contributed by atoms with van der Waals surface area (Å²) >= 11 is 0. The summed E-state index contributed by atoms with van der Waals surface area (Å²) in [5.41, 5.74) is 0.838. The summed E-state index contributed by atoms with van der Waals surface area (Å²) in [5.74, 6) is 4.53. The molecule has 0 unspecified atom stereocenters. The predicted molar refractivity (Wildman–Crippen MR) is 72.9 cm³/mol. The van der Waals surface area contributed by atoms with Crippen molar-refractivity contribution in [3.63, 3.8) is 0 Å². The van der Waals surface area contributed by atoms with Crippen molar-refractivity contribution in [2.45, 2.75) is 32.6 Å². The van der Waals surface area contributed by atoms with E-state index in [1.165, 1.54) is 25.7 Å². The maximum absolute atomic E-state index is 4.42. The van der Waals surface area contributed by atoms with E-state index in [0.29, 0.717) is 0 Å². The average molecular weight is 257 g/mol. The molecule has 0 amide bonds. The third-order valence-corrected chi connectivity index (χ3v) is 4.46. The lowest BCUT2D eigenvalue weighted by Crippen LogP contribution is -2.19. The maximum Gasteiger partial charge on any atom is 0.203 e. The van der Waals surface area contributed by atoms with Crippen LogP contribution in [0.3, 0.4) is 0 Å². The lowest BCUT2D eigenvalue weighted by molar-refractivity contribution is 0.428. The van der Waals surface area contributed by atoms with Crippen molar-refractivity contribution in [2.24, 2.45) is 17.8 Å². The number of anilines is 1. The molecule has 2 saturated carbocycles. The van der Waals surface area contributed by atoms with Gasteiger partial charge in [0, 0.05) is 18.9 Å². The van der Waals surface area contributed by atoms with Crippen molar-refractivity contribution in [3.8, 4) is 0 Å². The Kier molecular flexibility index (Phi) is 2.47. The normalized spacial score (nSPS) is 19.3. The Hall–Kier alpha value is -1.65. The molecule has 0 radical (unpaired) electrons. The molecule has 0 aromatic carbocycles. The molecule has 2 heterocycles. The molecule has 0 atom stereocenters. The van der Waals surface area contributed by atoms with E-state index >= 15 is 0 Å². The fourth-order valence-corrected chi connectivity index (χ4v) is 3.05. The number of fused-ring (bicyclic) bond motifs is 1. The van der Waals surface area contributed by atoms with E-state index < -0.39 is 0 Å². The molecule has 1 N–H and O–H groups in total. The Balaban J connectivity index is 1.54. The Morgan fingerprint density at radius 2 is 2.00 bits per heavy atom. The summed E-state index contributed by atoms with van der Waals surface area (Å²) in [6.45, 7) is 2.99. The first-order valence-corrected chi connectivity index (χ1v) is 7.23. The number of aryl methyl sites for hydroxylation is 1. The van der Waals surface area contributed by atoms with Crippen LogP contribution < -0.4 is 5.32 Å². The van der Waals surface area contributed by atoms with Crippen molar-refractivity contribution in [3.05, 3.63) is 18.2 Å². The molecule has 2 aliphatic carbocycles. The van der Waals surface area contributed by atoms with Gasteiger partial charge in [-0.25, -0.2) is 4.98 Å². The molecule has 5 nitrogen and oxygen atoms in total. The van der Waals surface area contributed by atoms with Gasteiger partial charge in [-0.05, 0) is 50.4 Å².